The zero-order valence-electron chi connectivity index (χ0n) is 17.9. The van der Waals surface area contributed by atoms with Crippen molar-refractivity contribution in [1.29, 1.82) is 0 Å². The number of Topliss-reactive ketones (excluding diaryl/α,β-unsaturated/α-hetero) is 1. The molecule has 7 nitrogen and oxygen atoms in total. The maximum atomic E-state index is 12.4. The largest absolute Gasteiger partial charge is 0.405 e. The lowest BCUT2D eigenvalue weighted by atomic mass is 10.1. The van der Waals surface area contributed by atoms with Gasteiger partial charge in [0.15, 0.2) is 10.7 Å². The molecule has 4 rings (SSSR count). The van der Waals surface area contributed by atoms with E-state index in [1.165, 1.54) is 11.3 Å². The van der Waals surface area contributed by atoms with Crippen LogP contribution in [0.25, 0.3) is 26.4 Å². The molecule has 0 aliphatic rings. The van der Waals surface area contributed by atoms with E-state index in [-0.39, 0.29) is 24.5 Å². The average molecular weight is 488 g/mol. The van der Waals surface area contributed by atoms with Gasteiger partial charge in [0.25, 0.3) is 5.91 Å². The minimum Gasteiger partial charge on any atom is -0.355 e. The summed E-state index contributed by atoms with van der Waals surface area (Å²) in [4.78, 5) is 41.0. The fourth-order valence-corrected chi connectivity index (χ4v) is 4.46. The Bertz CT molecular complexity index is 1390. The van der Waals surface area contributed by atoms with Crippen molar-refractivity contribution in [2.75, 3.05) is 13.6 Å². The number of amides is 2. The highest BCUT2D eigenvalue weighted by atomic mass is 32.1. The van der Waals surface area contributed by atoms with Crippen LogP contribution in [-0.4, -0.2) is 46.8 Å². The molecular weight excluding hydrogens is 469 g/mol. The van der Waals surface area contributed by atoms with Crippen LogP contribution in [0.2, 0.25) is 0 Å². The lowest BCUT2D eigenvalue weighted by Crippen LogP contribution is -2.33. The molecule has 2 aromatic carbocycles. The Morgan fingerprint density at radius 3 is 2.41 bits per heavy atom. The van der Waals surface area contributed by atoms with Gasteiger partial charge in [0.05, 0.1) is 15.9 Å². The molecule has 176 valence electrons. The molecule has 34 heavy (non-hydrogen) atoms. The third-order valence-corrected chi connectivity index (χ3v) is 6.17. The molecular formula is C23H19F3N4O3S. The molecule has 0 radical (unpaired) electrons. The van der Waals surface area contributed by atoms with E-state index in [2.05, 4.69) is 10.3 Å². The van der Waals surface area contributed by atoms with Crippen LogP contribution in [0.5, 0.6) is 0 Å². The summed E-state index contributed by atoms with van der Waals surface area (Å²) in [6, 6.07) is 12.2. The number of imidazole rings is 1. The molecule has 0 atom stereocenters. The first-order chi connectivity index (χ1) is 16.1. The van der Waals surface area contributed by atoms with Gasteiger partial charge in [-0.15, -0.1) is 0 Å². The number of hydrogen-bond acceptors (Lipinski definition) is 5. The average Bonchev–Trinajstić information content (AvgIpc) is 3.38. The molecule has 0 unspecified atom stereocenters. The molecule has 0 spiro atoms. The number of ketones is 1. The summed E-state index contributed by atoms with van der Waals surface area (Å²) in [5.74, 6) is -1.32. The van der Waals surface area contributed by atoms with Gasteiger partial charge >= 0.3 is 6.18 Å². The van der Waals surface area contributed by atoms with Gasteiger partial charge in [0.1, 0.15) is 6.54 Å². The third-order valence-electron chi connectivity index (χ3n) is 5.15. The number of rotatable bonds is 7. The lowest BCUT2D eigenvalue weighted by molar-refractivity contribution is -0.138. The van der Waals surface area contributed by atoms with Gasteiger partial charge in [-0.3, -0.25) is 18.8 Å². The van der Waals surface area contributed by atoms with E-state index in [4.69, 9.17) is 0 Å². The van der Waals surface area contributed by atoms with Crippen molar-refractivity contribution in [1.82, 2.24) is 20.0 Å². The maximum absolute atomic E-state index is 12.4. The molecule has 2 N–H and O–H groups in total. The van der Waals surface area contributed by atoms with Crippen LogP contribution in [0.4, 0.5) is 13.2 Å². The minimum absolute atomic E-state index is 0.171. The van der Waals surface area contributed by atoms with Gasteiger partial charge in [-0.25, -0.2) is 4.98 Å². The van der Waals surface area contributed by atoms with Crippen molar-refractivity contribution in [2.24, 2.45) is 0 Å². The second-order valence-corrected chi connectivity index (χ2v) is 8.54. The Kier molecular flexibility index (Phi) is 6.38. The number of aromatic nitrogens is 2. The highest BCUT2D eigenvalue weighted by molar-refractivity contribution is 7.23. The third kappa shape index (κ3) is 5.09. The van der Waals surface area contributed by atoms with Crippen molar-refractivity contribution in [3.8, 4) is 11.3 Å². The Morgan fingerprint density at radius 1 is 1.03 bits per heavy atom. The Labute approximate surface area is 195 Å². The molecule has 0 aliphatic heterocycles. The van der Waals surface area contributed by atoms with Crippen molar-refractivity contribution in [2.45, 2.75) is 19.0 Å². The number of fused-ring (bicyclic) bond motifs is 3. The number of thiazole rings is 1. The number of benzene rings is 2. The molecule has 11 heteroatoms. The summed E-state index contributed by atoms with van der Waals surface area (Å²) in [6.07, 6.45) is -3.12. The second kappa shape index (κ2) is 9.26. The Balaban J connectivity index is 1.48. The second-order valence-electron chi connectivity index (χ2n) is 7.53. The fraction of sp³-hybridized carbons (Fsp3) is 0.217. The van der Waals surface area contributed by atoms with Gasteiger partial charge in [0, 0.05) is 42.8 Å². The summed E-state index contributed by atoms with van der Waals surface area (Å²) in [5, 5.41) is 4.33. The zero-order valence-corrected chi connectivity index (χ0v) is 18.7. The SMILES string of the molecule is CNC(=O)c1ccc(-c2cn3c(n2)sc2cc(C(=O)CCC(=O)NCC(F)(F)F)ccc23)cc1. The number of carbonyl (C=O) groups is 3. The number of nitrogens with one attached hydrogen (secondary N) is 2. The Morgan fingerprint density at radius 2 is 1.74 bits per heavy atom. The highest BCUT2D eigenvalue weighted by Crippen LogP contribution is 2.30. The summed E-state index contributed by atoms with van der Waals surface area (Å²) in [6.45, 7) is -1.42. The molecule has 0 bridgehead atoms. The molecule has 0 saturated carbocycles. The number of alkyl halides is 3. The standard InChI is InChI=1S/C23H19F3N4O3S/c1-27-21(33)14-4-2-13(3-5-14)16-11-30-17-7-6-15(10-19(17)34-22(30)29-16)18(31)8-9-20(32)28-12-23(24,25)26/h2-7,10-11H,8-9,12H2,1H3,(H,27,33)(H,28,32). The molecule has 2 aromatic heterocycles. The maximum Gasteiger partial charge on any atom is 0.405 e. The van der Waals surface area contributed by atoms with E-state index in [0.29, 0.717) is 11.1 Å². The topological polar surface area (TPSA) is 92.6 Å². The van der Waals surface area contributed by atoms with Crippen LogP contribution in [0.3, 0.4) is 0 Å². The predicted octanol–water partition coefficient (Wildman–Crippen LogP) is 4.22. The number of hydrogen-bond donors (Lipinski definition) is 2. The van der Waals surface area contributed by atoms with Gasteiger partial charge < -0.3 is 10.6 Å². The molecule has 4 aromatic rings. The summed E-state index contributed by atoms with van der Waals surface area (Å²) in [7, 11) is 1.57. The summed E-state index contributed by atoms with van der Waals surface area (Å²) in [5.41, 5.74) is 3.37. The van der Waals surface area contributed by atoms with Crippen LogP contribution >= 0.6 is 11.3 Å². The van der Waals surface area contributed by atoms with E-state index in [9.17, 15) is 27.6 Å². The van der Waals surface area contributed by atoms with Crippen molar-refractivity contribution in [3.05, 3.63) is 59.8 Å². The molecule has 0 fully saturated rings. The van der Waals surface area contributed by atoms with E-state index in [1.807, 2.05) is 22.7 Å². The lowest BCUT2D eigenvalue weighted by Gasteiger charge is -2.08. The van der Waals surface area contributed by atoms with Crippen LogP contribution in [-0.2, 0) is 4.79 Å². The van der Waals surface area contributed by atoms with Crippen LogP contribution < -0.4 is 10.6 Å². The van der Waals surface area contributed by atoms with Gasteiger partial charge in [-0.2, -0.15) is 13.2 Å². The normalized spacial score (nSPS) is 11.6. The smallest absolute Gasteiger partial charge is 0.355 e. The zero-order chi connectivity index (χ0) is 24.5. The monoisotopic (exact) mass is 488 g/mol. The Hall–Kier alpha value is -3.73. The number of halogens is 3. The fourth-order valence-electron chi connectivity index (χ4n) is 3.41. The molecule has 2 amide bonds. The molecule has 0 aliphatic carbocycles. The van der Waals surface area contributed by atoms with Gasteiger partial charge in [0.2, 0.25) is 5.91 Å². The van der Waals surface area contributed by atoms with Gasteiger partial charge in [-0.1, -0.05) is 23.5 Å². The number of nitrogens with zero attached hydrogens (tertiary/aromatic N) is 2. The van der Waals surface area contributed by atoms with Crippen LogP contribution in [0.1, 0.15) is 33.6 Å². The molecule has 0 saturated heterocycles. The first-order valence-electron chi connectivity index (χ1n) is 10.3. The first-order valence-corrected chi connectivity index (χ1v) is 11.1. The van der Waals surface area contributed by atoms with Crippen LogP contribution in [0.15, 0.2) is 48.7 Å². The summed E-state index contributed by atoms with van der Waals surface area (Å²) >= 11 is 1.39. The van der Waals surface area contributed by atoms with E-state index in [1.54, 1.807) is 42.7 Å². The quantitative estimate of drug-likeness (QED) is 0.381. The van der Waals surface area contributed by atoms with Crippen LogP contribution in [0, 0.1) is 0 Å². The molecule has 2 heterocycles. The summed E-state index contributed by atoms with van der Waals surface area (Å²) < 4.78 is 39.2. The van der Waals surface area contributed by atoms with Crippen molar-refractivity contribution >= 4 is 44.1 Å². The first kappa shape index (κ1) is 23.4. The van der Waals surface area contributed by atoms with Gasteiger partial charge in [-0.05, 0) is 30.3 Å². The van der Waals surface area contributed by atoms with E-state index in [0.717, 1.165) is 26.4 Å². The minimum atomic E-state index is -4.49. The van der Waals surface area contributed by atoms with Crippen molar-refractivity contribution in [3.63, 3.8) is 0 Å². The van der Waals surface area contributed by atoms with Crippen molar-refractivity contribution < 1.29 is 27.6 Å². The van der Waals surface area contributed by atoms with E-state index < -0.39 is 18.6 Å². The highest BCUT2D eigenvalue weighted by Gasteiger charge is 2.27. The predicted molar refractivity (Wildman–Crippen MR) is 122 cm³/mol. The number of carbonyl (C=O) groups excluding carboxylic acids is 3. The van der Waals surface area contributed by atoms with E-state index >= 15 is 0 Å².